The summed E-state index contributed by atoms with van der Waals surface area (Å²) in [5.74, 6) is 1.94. The molecule has 76 valence electrons. The van der Waals surface area contributed by atoms with Crippen LogP contribution >= 0.6 is 0 Å². The van der Waals surface area contributed by atoms with Crippen molar-refractivity contribution in [2.24, 2.45) is 5.73 Å². The van der Waals surface area contributed by atoms with E-state index < -0.39 is 11.9 Å². The molecule has 0 aromatic carbocycles. The minimum Gasteiger partial charge on any atom is -0.368 e. The number of amides is 2. The Balaban J connectivity index is 2.87. The van der Waals surface area contributed by atoms with Gasteiger partial charge in [-0.1, -0.05) is 12.8 Å². The Kier molecular flexibility index (Phi) is 3.13. The number of likely N-dealkylation sites (tertiary alicyclic amines) is 1. The molecule has 1 heterocycles. The summed E-state index contributed by atoms with van der Waals surface area (Å²) in [5, 5.41) is 0. The smallest absolute Gasteiger partial charge is 0.240 e. The number of hydrogen-bond acceptors (Lipinski definition) is 2. The second kappa shape index (κ2) is 4.14. The third kappa shape index (κ3) is 1.72. The lowest BCUT2D eigenvalue weighted by Gasteiger charge is -2.25. The lowest BCUT2D eigenvalue weighted by atomic mass is 10.2. The number of nitrogens with two attached hydrogens (primary N) is 1. The number of carbonyl (C=O) groups excluding carboxylic acids is 2. The maximum absolute atomic E-state index is 11.5. The highest BCUT2D eigenvalue weighted by Crippen LogP contribution is 2.24. The largest absolute Gasteiger partial charge is 0.368 e. The van der Waals surface area contributed by atoms with Gasteiger partial charge in [-0.05, 0) is 12.8 Å². The molecule has 0 aromatic rings. The van der Waals surface area contributed by atoms with E-state index in [0.717, 1.165) is 0 Å². The van der Waals surface area contributed by atoms with Gasteiger partial charge in [0.05, 0.1) is 6.04 Å². The van der Waals surface area contributed by atoms with Crippen molar-refractivity contribution in [3.05, 3.63) is 0 Å². The average molecular weight is 194 g/mol. The molecule has 0 aromatic heterocycles. The fourth-order valence-electron chi connectivity index (χ4n) is 1.78. The van der Waals surface area contributed by atoms with Crippen molar-refractivity contribution >= 4 is 11.8 Å². The molecule has 0 spiro atoms. The molecular formula is C10H14N2O2. The van der Waals surface area contributed by atoms with Crippen LogP contribution in [0.25, 0.3) is 0 Å². The molecule has 4 heteroatoms. The van der Waals surface area contributed by atoms with Crippen LogP contribution in [0, 0.1) is 12.3 Å². The Morgan fingerprint density at radius 2 is 2.21 bits per heavy atom. The Bertz CT molecular complexity index is 293. The van der Waals surface area contributed by atoms with Crippen molar-refractivity contribution in [1.29, 1.82) is 0 Å². The van der Waals surface area contributed by atoms with Crippen molar-refractivity contribution in [3.63, 3.8) is 0 Å². The number of rotatable bonds is 2. The van der Waals surface area contributed by atoms with Gasteiger partial charge in [0, 0.05) is 6.42 Å². The van der Waals surface area contributed by atoms with Crippen molar-refractivity contribution in [3.8, 4) is 12.3 Å². The third-order valence-electron chi connectivity index (χ3n) is 2.50. The van der Waals surface area contributed by atoms with Gasteiger partial charge in [0.25, 0.3) is 0 Å². The zero-order chi connectivity index (χ0) is 10.7. The SMILES string of the molecule is C#C[C@H]1CC[C@@H](C(N)=O)N1C(=O)CC. The van der Waals surface area contributed by atoms with Gasteiger partial charge in [0.15, 0.2) is 0 Å². The quantitative estimate of drug-likeness (QED) is 0.622. The Labute approximate surface area is 83.4 Å². The zero-order valence-electron chi connectivity index (χ0n) is 8.19. The van der Waals surface area contributed by atoms with Crippen LogP contribution in [0.2, 0.25) is 0 Å². The van der Waals surface area contributed by atoms with Gasteiger partial charge in [-0.25, -0.2) is 0 Å². The van der Waals surface area contributed by atoms with Crippen LogP contribution in [0.3, 0.4) is 0 Å². The molecule has 1 aliphatic rings. The van der Waals surface area contributed by atoms with Crippen molar-refractivity contribution < 1.29 is 9.59 Å². The van der Waals surface area contributed by atoms with E-state index in [-0.39, 0.29) is 11.9 Å². The highest BCUT2D eigenvalue weighted by molar-refractivity contribution is 5.87. The number of nitrogens with zero attached hydrogens (tertiary/aromatic N) is 1. The van der Waals surface area contributed by atoms with E-state index in [1.54, 1.807) is 6.92 Å². The van der Waals surface area contributed by atoms with E-state index >= 15 is 0 Å². The first kappa shape index (κ1) is 10.6. The summed E-state index contributed by atoms with van der Waals surface area (Å²) < 4.78 is 0. The number of carbonyl (C=O) groups is 2. The van der Waals surface area contributed by atoms with Crippen LogP contribution in [0.15, 0.2) is 0 Å². The summed E-state index contributed by atoms with van der Waals surface area (Å²) in [4.78, 5) is 24.0. The van der Waals surface area contributed by atoms with E-state index in [4.69, 9.17) is 12.2 Å². The number of hydrogen-bond donors (Lipinski definition) is 1. The first-order valence-electron chi connectivity index (χ1n) is 4.68. The average Bonchev–Trinajstić information content (AvgIpc) is 2.59. The fourth-order valence-corrected chi connectivity index (χ4v) is 1.78. The molecular weight excluding hydrogens is 180 g/mol. The van der Waals surface area contributed by atoms with E-state index in [2.05, 4.69) is 5.92 Å². The molecule has 0 radical (unpaired) electrons. The van der Waals surface area contributed by atoms with Gasteiger partial charge in [-0.2, -0.15) is 0 Å². The predicted octanol–water partition coefficient (Wildman–Crippen LogP) is -0.126. The molecule has 1 rings (SSSR count). The molecule has 0 saturated carbocycles. The maximum atomic E-state index is 11.5. The maximum Gasteiger partial charge on any atom is 0.240 e. The van der Waals surface area contributed by atoms with E-state index in [0.29, 0.717) is 19.3 Å². The first-order valence-corrected chi connectivity index (χ1v) is 4.68. The number of terminal acetylenes is 1. The number of primary amides is 1. The van der Waals surface area contributed by atoms with Crippen molar-refractivity contribution in [1.82, 2.24) is 4.90 Å². The summed E-state index contributed by atoms with van der Waals surface area (Å²) >= 11 is 0. The Morgan fingerprint density at radius 1 is 1.57 bits per heavy atom. The summed E-state index contributed by atoms with van der Waals surface area (Å²) in [6.07, 6.45) is 6.87. The van der Waals surface area contributed by atoms with Gasteiger partial charge in [0.2, 0.25) is 11.8 Å². The zero-order valence-corrected chi connectivity index (χ0v) is 8.19. The van der Waals surface area contributed by atoms with E-state index in [9.17, 15) is 9.59 Å². The van der Waals surface area contributed by atoms with Crippen LogP contribution in [0.1, 0.15) is 26.2 Å². The van der Waals surface area contributed by atoms with E-state index in [1.165, 1.54) is 4.90 Å². The first-order chi connectivity index (χ1) is 6.61. The molecule has 0 unspecified atom stereocenters. The van der Waals surface area contributed by atoms with Crippen molar-refractivity contribution in [2.75, 3.05) is 0 Å². The summed E-state index contributed by atoms with van der Waals surface area (Å²) in [6, 6.07) is -0.775. The van der Waals surface area contributed by atoms with Crippen LogP contribution in [-0.4, -0.2) is 28.8 Å². The second-order valence-corrected chi connectivity index (χ2v) is 3.33. The van der Waals surface area contributed by atoms with Crippen LogP contribution < -0.4 is 5.73 Å². The third-order valence-corrected chi connectivity index (χ3v) is 2.50. The molecule has 2 atom stereocenters. The molecule has 0 bridgehead atoms. The molecule has 14 heavy (non-hydrogen) atoms. The topological polar surface area (TPSA) is 63.4 Å². The van der Waals surface area contributed by atoms with Crippen LogP contribution in [0.5, 0.6) is 0 Å². The summed E-state index contributed by atoms with van der Waals surface area (Å²) in [5.41, 5.74) is 5.20. The fraction of sp³-hybridized carbons (Fsp3) is 0.600. The normalized spacial score (nSPS) is 25.9. The van der Waals surface area contributed by atoms with Gasteiger partial charge < -0.3 is 10.6 Å². The van der Waals surface area contributed by atoms with Gasteiger partial charge >= 0.3 is 0 Å². The monoisotopic (exact) mass is 194 g/mol. The second-order valence-electron chi connectivity index (χ2n) is 3.33. The van der Waals surface area contributed by atoms with Gasteiger partial charge in [-0.15, -0.1) is 6.42 Å². The highest BCUT2D eigenvalue weighted by atomic mass is 16.2. The molecule has 4 nitrogen and oxygen atoms in total. The molecule has 0 aliphatic carbocycles. The van der Waals surface area contributed by atoms with Gasteiger partial charge in [-0.3, -0.25) is 9.59 Å². The minimum absolute atomic E-state index is 0.103. The summed E-state index contributed by atoms with van der Waals surface area (Å²) in [6.45, 7) is 1.74. The van der Waals surface area contributed by atoms with Crippen LogP contribution in [0.4, 0.5) is 0 Å². The minimum atomic E-state index is -0.511. The van der Waals surface area contributed by atoms with Crippen LogP contribution in [-0.2, 0) is 9.59 Å². The Morgan fingerprint density at radius 3 is 2.64 bits per heavy atom. The summed E-state index contributed by atoms with van der Waals surface area (Å²) in [7, 11) is 0. The van der Waals surface area contributed by atoms with Crippen molar-refractivity contribution in [2.45, 2.75) is 38.3 Å². The molecule has 2 amide bonds. The van der Waals surface area contributed by atoms with Gasteiger partial charge in [0.1, 0.15) is 6.04 Å². The lowest BCUT2D eigenvalue weighted by molar-refractivity contribution is -0.138. The molecule has 1 fully saturated rings. The lowest BCUT2D eigenvalue weighted by Crippen LogP contribution is -2.46. The predicted molar refractivity (Wildman–Crippen MR) is 52.0 cm³/mol. The Hall–Kier alpha value is -1.50. The highest BCUT2D eigenvalue weighted by Gasteiger charge is 2.38. The molecule has 2 N–H and O–H groups in total. The standard InChI is InChI=1S/C10H14N2O2/c1-3-7-5-6-8(10(11)14)12(7)9(13)4-2/h1,7-8H,4-6H2,2H3,(H2,11,14)/t7-,8-/m0/s1. The molecule has 1 aliphatic heterocycles. The van der Waals surface area contributed by atoms with E-state index in [1.807, 2.05) is 0 Å². The molecule has 1 saturated heterocycles.